The van der Waals surface area contributed by atoms with Gasteiger partial charge in [-0.15, -0.1) is 11.8 Å². The van der Waals surface area contributed by atoms with Crippen LogP contribution < -0.4 is 11.1 Å². The number of oxime groups is 1. The first-order chi connectivity index (χ1) is 14.4. The molecular weight excluding hydrogens is 436 g/mol. The molecule has 158 valence electrons. The Bertz CT molecular complexity index is 1010. The number of carboxylic acid groups (broad SMARTS) is 1. The quantitative estimate of drug-likeness (QED) is 0.173. The largest absolute Gasteiger partial charge is 0.477 e. The Morgan fingerprint density at radius 2 is 2.27 bits per heavy atom. The molecule has 5 N–H and O–H groups in total. The summed E-state index contributed by atoms with van der Waals surface area (Å²) in [7, 11) is 1.24. The lowest BCUT2D eigenvalue weighted by Crippen LogP contribution is -2.71. The molecule has 0 radical (unpaired) electrons. The molecule has 0 aliphatic carbocycles. The van der Waals surface area contributed by atoms with Gasteiger partial charge in [-0.05, 0) is 0 Å². The van der Waals surface area contributed by atoms with Gasteiger partial charge in [0.1, 0.15) is 24.2 Å². The van der Waals surface area contributed by atoms with E-state index in [9.17, 15) is 19.5 Å². The molecule has 3 rings (SSSR count). The molecule has 0 saturated carbocycles. The summed E-state index contributed by atoms with van der Waals surface area (Å²) in [5, 5.41) is 24.0. The van der Waals surface area contributed by atoms with E-state index >= 15 is 0 Å². The Morgan fingerprint density at radius 3 is 2.87 bits per heavy atom. The van der Waals surface area contributed by atoms with Gasteiger partial charge in [0.05, 0.1) is 6.61 Å². The number of nitrogens with zero attached hydrogens (tertiary/aromatic N) is 4. The van der Waals surface area contributed by atoms with Gasteiger partial charge in [-0.25, -0.2) is 4.79 Å². The maximum Gasteiger partial charge on any atom is 0.353 e. The van der Waals surface area contributed by atoms with Gasteiger partial charge < -0.3 is 26.1 Å². The van der Waals surface area contributed by atoms with Crippen molar-refractivity contribution in [3.05, 3.63) is 17.1 Å². The Kier molecular flexibility index (Phi) is 6.55. The molecule has 1 fully saturated rings. The molecule has 2 amide bonds. The van der Waals surface area contributed by atoms with E-state index in [1.807, 2.05) is 0 Å². The Labute approximate surface area is 178 Å². The fraction of sp³-hybridized carbons (Fsp3) is 0.375. The van der Waals surface area contributed by atoms with Crippen LogP contribution in [0.3, 0.4) is 0 Å². The van der Waals surface area contributed by atoms with Gasteiger partial charge in [0.2, 0.25) is 11.5 Å². The molecule has 12 nitrogen and oxygen atoms in total. The van der Waals surface area contributed by atoms with Crippen molar-refractivity contribution in [3.8, 4) is 11.8 Å². The molecule has 30 heavy (non-hydrogen) atoms. The van der Waals surface area contributed by atoms with Crippen molar-refractivity contribution < 1.29 is 29.4 Å². The number of fused-ring (bicyclic) bond motifs is 1. The van der Waals surface area contributed by atoms with Gasteiger partial charge in [-0.3, -0.25) is 14.5 Å². The number of aromatic nitrogens is 2. The molecule has 14 heteroatoms. The summed E-state index contributed by atoms with van der Waals surface area (Å²) < 4.78 is 3.90. The third kappa shape index (κ3) is 4.08. The monoisotopic (exact) mass is 452 g/mol. The molecule has 3 heterocycles. The number of anilines is 1. The van der Waals surface area contributed by atoms with Gasteiger partial charge in [-0.2, -0.15) is 9.36 Å². The van der Waals surface area contributed by atoms with Crippen LogP contribution in [0.4, 0.5) is 5.13 Å². The van der Waals surface area contributed by atoms with E-state index in [1.165, 1.54) is 18.9 Å². The third-order valence-corrected chi connectivity index (χ3v) is 5.81. The zero-order valence-electron chi connectivity index (χ0n) is 15.5. The number of nitrogens with one attached hydrogen (secondary N) is 1. The summed E-state index contributed by atoms with van der Waals surface area (Å²) in [6.07, 6.45) is 0.188. The van der Waals surface area contributed by atoms with Gasteiger partial charge in [0, 0.05) is 29.3 Å². The van der Waals surface area contributed by atoms with Crippen LogP contribution in [0.25, 0.3) is 0 Å². The van der Waals surface area contributed by atoms with E-state index in [2.05, 4.69) is 36.5 Å². The molecule has 1 aromatic rings. The molecule has 1 saturated heterocycles. The number of carbonyl (C=O) groups is 3. The minimum Gasteiger partial charge on any atom is -0.477 e. The fourth-order valence-corrected chi connectivity index (χ4v) is 4.47. The molecule has 1 aromatic heterocycles. The maximum atomic E-state index is 12.6. The normalized spacial score (nSPS) is 20.7. The first-order valence-electron chi connectivity index (χ1n) is 8.41. The number of hydrogen-bond acceptors (Lipinski definition) is 11. The van der Waals surface area contributed by atoms with Crippen molar-refractivity contribution >= 4 is 51.9 Å². The number of β-lactam (4-membered cyclic amide) rings is 1. The highest BCUT2D eigenvalue weighted by Gasteiger charge is 2.54. The summed E-state index contributed by atoms with van der Waals surface area (Å²) in [5.41, 5.74) is 5.32. The van der Waals surface area contributed by atoms with Crippen molar-refractivity contribution in [2.75, 3.05) is 25.2 Å². The second-order valence-corrected chi connectivity index (χ2v) is 7.74. The zero-order valence-corrected chi connectivity index (χ0v) is 17.1. The highest BCUT2D eigenvalue weighted by molar-refractivity contribution is 8.00. The zero-order chi connectivity index (χ0) is 21.8. The number of rotatable bonds is 6. The van der Waals surface area contributed by atoms with Gasteiger partial charge in [0.25, 0.3) is 11.8 Å². The van der Waals surface area contributed by atoms with E-state index in [0.29, 0.717) is 0 Å². The number of aliphatic hydroxyl groups is 1. The van der Waals surface area contributed by atoms with E-state index in [-0.39, 0.29) is 46.7 Å². The SMILES string of the molecule is CO/N=C(\C(=O)N[C@@H]1C(=O)N2C(C(=O)O)=C(C#CCCO)CS[C@H]12)c1nsc(N)n1. The number of aliphatic hydroxyl groups excluding tert-OH is 1. The number of carboxylic acids is 1. The topological polar surface area (TPSA) is 180 Å². The predicted octanol–water partition coefficient (Wildman–Crippen LogP) is -1.40. The molecule has 2 aliphatic heterocycles. The Hall–Kier alpha value is -3.15. The van der Waals surface area contributed by atoms with Crippen LogP contribution in [0.1, 0.15) is 12.2 Å². The van der Waals surface area contributed by atoms with Gasteiger partial charge in [0.15, 0.2) is 5.13 Å². The second kappa shape index (κ2) is 9.11. The first kappa shape index (κ1) is 21.6. The lowest BCUT2D eigenvalue weighted by atomic mass is 10.0. The van der Waals surface area contributed by atoms with Crippen molar-refractivity contribution in [1.29, 1.82) is 0 Å². The second-order valence-electron chi connectivity index (χ2n) is 5.85. The van der Waals surface area contributed by atoms with Gasteiger partial charge in [-0.1, -0.05) is 17.0 Å². The smallest absolute Gasteiger partial charge is 0.353 e. The van der Waals surface area contributed by atoms with Crippen LogP contribution in [0.15, 0.2) is 16.4 Å². The van der Waals surface area contributed by atoms with Crippen LogP contribution >= 0.6 is 23.3 Å². The average molecular weight is 452 g/mol. The first-order valence-corrected chi connectivity index (χ1v) is 10.2. The predicted molar refractivity (Wildman–Crippen MR) is 107 cm³/mol. The molecular formula is C16H16N6O6S2. The summed E-state index contributed by atoms with van der Waals surface area (Å²) in [6, 6.07) is -0.971. The summed E-state index contributed by atoms with van der Waals surface area (Å²) in [6.45, 7) is -0.153. The number of hydrogen-bond donors (Lipinski definition) is 4. The average Bonchev–Trinajstić information content (AvgIpc) is 3.15. The van der Waals surface area contributed by atoms with Gasteiger partial charge >= 0.3 is 5.97 Å². The number of thioether (sulfide) groups is 1. The van der Waals surface area contributed by atoms with E-state index < -0.39 is 29.2 Å². The minimum atomic E-state index is -1.30. The third-order valence-electron chi connectivity index (χ3n) is 3.98. The van der Waals surface area contributed by atoms with Crippen molar-refractivity contribution in [1.82, 2.24) is 19.6 Å². The molecule has 0 bridgehead atoms. The van der Waals surface area contributed by atoms with Crippen LogP contribution in [0.5, 0.6) is 0 Å². The highest BCUT2D eigenvalue weighted by atomic mass is 32.2. The molecule has 2 aliphatic rings. The lowest BCUT2D eigenvalue weighted by Gasteiger charge is -2.48. The Balaban J connectivity index is 1.79. The molecule has 0 spiro atoms. The summed E-state index contributed by atoms with van der Waals surface area (Å²) in [5.74, 6) is 2.90. The van der Waals surface area contributed by atoms with E-state index in [0.717, 1.165) is 16.4 Å². The molecule has 0 aromatic carbocycles. The number of amides is 2. The minimum absolute atomic E-state index is 0.0515. The number of nitrogen functional groups attached to an aromatic ring is 1. The number of nitrogens with two attached hydrogens (primary N) is 1. The Morgan fingerprint density at radius 1 is 1.50 bits per heavy atom. The molecule has 0 unspecified atom stereocenters. The van der Waals surface area contributed by atoms with Crippen LogP contribution in [-0.2, 0) is 19.2 Å². The molecule has 2 atom stereocenters. The van der Waals surface area contributed by atoms with E-state index in [4.69, 9.17) is 10.8 Å². The number of carbonyl (C=O) groups excluding carboxylic acids is 2. The fourth-order valence-electron chi connectivity index (χ4n) is 2.76. The lowest BCUT2D eigenvalue weighted by molar-refractivity contribution is -0.150. The summed E-state index contributed by atoms with van der Waals surface area (Å²) >= 11 is 2.13. The van der Waals surface area contributed by atoms with Crippen molar-refractivity contribution in [3.63, 3.8) is 0 Å². The van der Waals surface area contributed by atoms with E-state index in [1.54, 1.807) is 0 Å². The standard InChI is InChI=1S/C16H16N6O6S2/c1-28-20-8(11-19-16(17)30-21-11)12(24)18-9-13(25)22-10(15(26)27)7(4-2-3-5-23)6-29-14(9)22/h9,14,23H,3,5-6H2,1H3,(H,18,24)(H,26,27)(H2,17,19,21)/b20-8-/t9-,14-/m1/s1. The van der Waals surface area contributed by atoms with Crippen LogP contribution in [0.2, 0.25) is 0 Å². The van der Waals surface area contributed by atoms with Crippen LogP contribution in [0, 0.1) is 11.8 Å². The summed E-state index contributed by atoms with van der Waals surface area (Å²) in [4.78, 5) is 46.6. The van der Waals surface area contributed by atoms with Crippen LogP contribution in [-0.4, -0.2) is 78.9 Å². The number of aliphatic carboxylic acids is 1. The maximum absolute atomic E-state index is 12.6. The van der Waals surface area contributed by atoms with Crippen molar-refractivity contribution in [2.24, 2.45) is 5.16 Å². The van der Waals surface area contributed by atoms with Crippen molar-refractivity contribution in [2.45, 2.75) is 17.8 Å². The highest BCUT2D eigenvalue weighted by Crippen LogP contribution is 2.40.